The molecule has 1 N–H and O–H groups in total. The Labute approximate surface area is 149 Å². The van der Waals surface area contributed by atoms with Crippen LogP contribution in [0.4, 0.5) is 0 Å². The van der Waals surface area contributed by atoms with Gasteiger partial charge >= 0.3 is 0 Å². The molecule has 0 radical (unpaired) electrons. The van der Waals surface area contributed by atoms with Crippen molar-refractivity contribution in [3.8, 4) is 5.75 Å². The molecule has 1 aromatic carbocycles. The maximum Gasteiger partial charge on any atom is 0.118 e. The highest BCUT2D eigenvalue weighted by Gasteiger charge is 2.40. The minimum atomic E-state index is -1.95. The molecule has 1 aliphatic rings. The lowest BCUT2D eigenvalue weighted by Gasteiger charge is -2.33. The molecule has 1 unspecified atom stereocenters. The van der Waals surface area contributed by atoms with Gasteiger partial charge in [0.15, 0.2) is 0 Å². The number of benzene rings is 1. The van der Waals surface area contributed by atoms with E-state index in [9.17, 15) is 5.11 Å². The fourth-order valence-electron chi connectivity index (χ4n) is 4.35. The van der Waals surface area contributed by atoms with E-state index < -0.39 is 8.07 Å². The van der Waals surface area contributed by atoms with Crippen LogP contribution in [0.3, 0.4) is 0 Å². The molecule has 1 nitrogen and oxygen atoms in total. The third kappa shape index (κ3) is 2.90. The van der Waals surface area contributed by atoms with Gasteiger partial charge in [-0.3, -0.25) is 0 Å². The smallest absolute Gasteiger partial charge is 0.118 e. The minimum Gasteiger partial charge on any atom is -0.508 e. The number of aromatic hydroxyl groups is 1. The van der Waals surface area contributed by atoms with Gasteiger partial charge in [-0.25, -0.2) is 0 Å². The van der Waals surface area contributed by atoms with Crippen molar-refractivity contribution in [2.24, 2.45) is 5.92 Å². The first kappa shape index (κ1) is 19.0. The van der Waals surface area contributed by atoms with Crippen LogP contribution in [-0.2, 0) is 5.41 Å². The summed E-state index contributed by atoms with van der Waals surface area (Å²) in [6.07, 6.45) is 0. The summed E-state index contributed by atoms with van der Waals surface area (Å²) >= 11 is 0. The number of phenolic OH excluding ortho intramolecular Hbond substituents is 1. The zero-order valence-electron chi connectivity index (χ0n) is 17.2. The molecule has 1 atom stereocenters. The largest absolute Gasteiger partial charge is 0.508 e. The quantitative estimate of drug-likeness (QED) is 0.678. The summed E-state index contributed by atoms with van der Waals surface area (Å²) in [6.45, 7) is 22.6. The lowest BCUT2D eigenvalue weighted by atomic mass is 9.85. The summed E-state index contributed by atoms with van der Waals surface area (Å²) in [6, 6.07) is 4.38. The fourth-order valence-corrected chi connectivity index (χ4v) is 8.38. The molecule has 0 heterocycles. The van der Waals surface area contributed by atoms with Gasteiger partial charge in [-0.05, 0) is 55.4 Å². The molecule has 2 rings (SSSR count). The van der Waals surface area contributed by atoms with Crippen LogP contribution in [0.15, 0.2) is 34.0 Å². The van der Waals surface area contributed by atoms with Crippen molar-refractivity contribution < 1.29 is 5.11 Å². The Morgan fingerprint density at radius 3 is 1.92 bits per heavy atom. The Bertz CT molecular complexity index is 742. The topological polar surface area (TPSA) is 20.2 Å². The van der Waals surface area contributed by atoms with Crippen molar-refractivity contribution in [3.05, 3.63) is 45.2 Å². The van der Waals surface area contributed by atoms with Gasteiger partial charge in [0.2, 0.25) is 0 Å². The summed E-state index contributed by atoms with van der Waals surface area (Å²) in [7, 11) is -1.95. The Morgan fingerprint density at radius 1 is 0.958 bits per heavy atom. The highest BCUT2D eigenvalue weighted by atomic mass is 28.3. The molecule has 0 spiro atoms. The second-order valence-electron chi connectivity index (χ2n) is 9.15. The van der Waals surface area contributed by atoms with Crippen LogP contribution < -0.4 is 5.19 Å². The maximum absolute atomic E-state index is 11.1. The van der Waals surface area contributed by atoms with E-state index in [1.54, 1.807) is 5.20 Å². The molecule has 24 heavy (non-hydrogen) atoms. The van der Waals surface area contributed by atoms with Gasteiger partial charge in [-0.15, -0.1) is 0 Å². The number of aryl methyl sites for hydroxylation is 1. The van der Waals surface area contributed by atoms with E-state index in [0.29, 0.717) is 11.7 Å². The fraction of sp³-hybridized carbons (Fsp3) is 0.545. The average Bonchev–Trinajstić information content (AvgIpc) is 2.64. The molecule has 1 aromatic rings. The molecule has 0 amide bonds. The van der Waals surface area contributed by atoms with Crippen molar-refractivity contribution in [2.45, 2.75) is 73.9 Å². The van der Waals surface area contributed by atoms with Crippen LogP contribution in [0.5, 0.6) is 5.75 Å². The summed E-state index contributed by atoms with van der Waals surface area (Å²) in [5.41, 5.74) is 6.66. The molecule has 0 aliphatic heterocycles. The van der Waals surface area contributed by atoms with E-state index in [1.807, 2.05) is 0 Å². The Hall–Kier alpha value is -1.28. The van der Waals surface area contributed by atoms with Crippen molar-refractivity contribution in [1.82, 2.24) is 0 Å². The summed E-state index contributed by atoms with van der Waals surface area (Å²) in [4.78, 5) is 0. The number of rotatable bonds is 2. The second kappa shape index (κ2) is 5.91. The van der Waals surface area contributed by atoms with Crippen molar-refractivity contribution >= 4 is 13.3 Å². The molecule has 0 saturated carbocycles. The van der Waals surface area contributed by atoms with E-state index >= 15 is 0 Å². The lowest BCUT2D eigenvalue weighted by Crippen LogP contribution is -2.46. The van der Waals surface area contributed by atoms with Gasteiger partial charge in [0.25, 0.3) is 0 Å². The van der Waals surface area contributed by atoms with Crippen LogP contribution in [0.2, 0.25) is 13.1 Å². The van der Waals surface area contributed by atoms with Crippen LogP contribution in [0.25, 0.3) is 0 Å². The maximum atomic E-state index is 11.1. The molecular weight excluding hydrogens is 308 g/mol. The van der Waals surface area contributed by atoms with Crippen LogP contribution in [0.1, 0.15) is 59.6 Å². The first-order chi connectivity index (χ1) is 10.8. The second-order valence-corrected chi connectivity index (χ2v) is 13.5. The van der Waals surface area contributed by atoms with Crippen molar-refractivity contribution in [1.29, 1.82) is 0 Å². The molecule has 132 valence electrons. The van der Waals surface area contributed by atoms with Crippen LogP contribution in [0, 0.1) is 12.8 Å². The molecule has 1 aliphatic carbocycles. The SMILES string of the molecule is CC1=C(C)C(C)C([Si](C)(C)c2cc(C)cc(C(C)(C)C)c2O)=C1C. The van der Waals surface area contributed by atoms with E-state index in [-0.39, 0.29) is 5.41 Å². The predicted octanol–water partition coefficient (Wildman–Crippen LogP) is 5.76. The highest BCUT2D eigenvalue weighted by molar-refractivity contribution is 6.96. The van der Waals surface area contributed by atoms with E-state index in [0.717, 1.165) is 5.56 Å². The third-order valence-electron chi connectivity index (χ3n) is 6.05. The zero-order chi connectivity index (χ0) is 18.6. The van der Waals surface area contributed by atoms with Gasteiger partial charge in [0.05, 0.1) is 0 Å². The van der Waals surface area contributed by atoms with E-state index in [1.165, 1.54) is 27.5 Å². The molecule has 0 bridgehead atoms. The number of hydrogen-bond acceptors (Lipinski definition) is 1. The monoisotopic (exact) mass is 342 g/mol. The number of hydrogen-bond donors (Lipinski definition) is 1. The van der Waals surface area contributed by atoms with E-state index in [4.69, 9.17) is 0 Å². The van der Waals surface area contributed by atoms with E-state index in [2.05, 4.69) is 80.6 Å². The standard InChI is InChI=1S/C22H34OSi/c1-13-11-18(22(6,7)8)20(23)19(12-13)24(9,10)21-16(4)14(2)15(3)17(21)5/h11-12,16,23H,1-10H3. The molecular formula is C22H34OSi. The summed E-state index contributed by atoms with van der Waals surface area (Å²) < 4.78 is 0. The van der Waals surface area contributed by atoms with Gasteiger partial charge in [0.1, 0.15) is 13.8 Å². The molecule has 0 aromatic heterocycles. The first-order valence-corrected chi connectivity index (χ1v) is 12.0. The Morgan fingerprint density at radius 2 is 1.50 bits per heavy atom. The normalized spacial score (nSPS) is 19.5. The third-order valence-corrected chi connectivity index (χ3v) is 9.93. The first-order valence-electron chi connectivity index (χ1n) is 9.03. The molecule has 0 fully saturated rings. The number of allylic oxidation sites excluding steroid dienone is 4. The Kier molecular flexibility index (Phi) is 4.69. The minimum absolute atomic E-state index is 0.0515. The van der Waals surface area contributed by atoms with Gasteiger partial charge in [-0.2, -0.15) is 0 Å². The van der Waals surface area contributed by atoms with Crippen molar-refractivity contribution in [3.63, 3.8) is 0 Å². The highest BCUT2D eigenvalue weighted by Crippen LogP contribution is 2.42. The molecule has 2 heteroatoms. The van der Waals surface area contributed by atoms with Gasteiger partial charge in [-0.1, -0.05) is 74.8 Å². The van der Waals surface area contributed by atoms with Crippen LogP contribution in [-0.4, -0.2) is 13.2 Å². The Balaban J connectivity index is 2.71. The van der Waals surface area contributed by atoms with Gasteiger partial charge < -0.3 is 5.11 Å². The zero-order valence-corrected chi connectivity index (χ0v) is 18.2. The van der Waals surface area contributed by atoms with Crippen LogP contribution >= 0.6 is 0 Å². The lowest BCUT2D eigenvalue weighted by molar-refractivity contribution is 0.450. The van der Waals surface area contributed by atoms with Gasteiger partial charge in [0, 0.05) is 0 Å². The van der Waals surface area contributed by atoms with Crippen molar-refractivity contribution in [2.75, 3.05) is 0 Å². The average molecular weight is 343 g/mol. The summed E-state index contributed by atoms with van der Waals surface area (Å²) in [5.74, 6) is 1.02. The number of phenols is 1. The molecule has 0 saturated heterocycles. The summed E-state index contributed by atoms with van der Waals surface area (Å²) in [5, 5.41) is 13.9. The predicted molar refractivity (Wildman–Crippen MR) is 109 cm³/mol.